The van der Waals surface area contributed by atoms with Gasteiger partial charge in [-0.1, -0.05) is 51.7 Å². The summed E-state index contributed by atoms with van der Waals surface area (Å²) in [5.74, 6) is 2.70. The number of rotatable bonds is 2. The molecule has 0 bridgehead atoms. The maximum atomic E-state index is 5.27. The Morgan fingerprint density at radius 2 is 1.13 bits per heavy atom. The quantitative estimate of drug-likeness (QED) is 0.324. The molecule has 0 aliphatic heterocycles. The minimum atomic E-state index is 0. The first-order chi connectivity index (χ1) is 13.3. The first kappa shape index (κ1) is 28.7. The van der Waals surface area contributed by atoms with Gasteiger partial charge in [-0.25, -0.2) is 0 Å². The van der Waals surface area contributed by atoms with Gasteiger partial charge in [-0.2, -0.15) is 35.5 Å². The number of hydrogen-bond donors (Lipinski definition) is 0. The molecule has 5 heteroatoms. The zero-order valence-electron chi connectivity index (χ0n) is 18.4. The molecule has 30 heavy (non-hydrogen) atoms. The summed E-state index contributed by atoms with van der Waals surface area (Å²) >= 11 is 2.08. The average molecular weight is 481 g/mol. The van der Waals surface area contributed by atoms with E-state index < -0.39 is 0 Å². The third-order valence-corrected chi connectivity index (χ3v) is 4.43. The van der Waals surface area contributed by atoms with Crippen molar-refractivity contribution >= 4 is 39.8 Å². The van der Waals surface area contributed by atoms with E-state index in [9.17, 15) is 0 Å². The molecule has 0 radical (unpaired) electrons. The summed E-state index contributed by atoms with van der Waals surface area (Å²) in [6.45, 7) is 12.7. The van der Waals surface area contributed by atoms with E-state index >= 15 is 0 Å². The summed E-state index contributed by atoms with van der Waals surface area (Å²) in [6, 6.07) is 7.72. The first-order valence-corrected chi connectivity index (χ1v) is 10.3. The van der Waals surface area contributed by atoms with Crippen LogP contribution in [0.1, 0.15) is 53.1 Å². The molecule has 2 unspecified atom stereocenters. The van der Waals surface area contributed by atoms with Crippen LogP contribution < -0.4 is 0 Å². The molecule has 160 valence electrons. The Morgan fingerprint density at radius 3 is 1.33 bits per heavy atom. The SMILES string of the molecule is CC1=CC(c2ccco2)=[C-]C1C.CC1=CC(c2ccco2)=[C-]C1C.C[C](C)=[Ti+2].Cl.Cl. The second-order valence-electron chi connectivity index (χ2n) is 7.29. The van der Waals surface area contributed by atoms with Crippen molar-refractivity contribution in [3.8, 4) is 0 Å². The smallest absolute Gasteiger partial charge is 0.147 e. The predicted octanol–water partition coefficient (Wildman–Crippen LogP) is 7.71. The molecular formula is C25H30Cl2O2Ti. The maximum Gasteiger partial charge on any atom is -0.147 e. The van der Waals surface area contributed by atoms with Crippen molar-refractivity contribution in [1.29, 1.82) is 0 Å². The summed E-state index contributed by atoms with van der Waals surface area (Å²) in [4.78, 5) is 0. The van der Waals surface area contributed by atoms with E-state index in [1.807, 2.05) is 24.3 Å². The molecule has 2 aliphatic carbocycles. The van der Waals surface area contributed by atoms with Gasteiger partial charge in [-0.3, -0.25) is 0 Å². The van der Waals surface area contributed by atoms with Crippen molar-refractivity contribution in [2.24, 2.45) is 11.8 Å². The van der Waals surface area contributed by atoms with Crippen LogP contribution in [0.3, 0.4) is 0 Å². The number of allylic oxidation sites excluding steroid dienone is 8. The summed E-state index contributed by atoms with van der Waals surface area (Å²) in [7, 11) is 0. The maximum absolute atomic E-state index is 5.27. The van der Waals surface area contributed by atoms with E-state index in [4.69, 9.17) is 8.83 Å². The fraction of sp³-hybridized carbons (Fsp3) is 0.320. The third-order valence-electron chi connectivity index (χ3n) is 4.43. The molecule has 0 N–H and O–H groups in total. The molecule has 4 rings (SSSR count). The van der Waals surface area contributed by atoms with Crippen LogP contribution >= 0.6 is 24.8 Å². The van der Waals surface area contributed by atoms with Gasteiger partial charge in [0, 0.05) is 11.5 Å². The van der Waals surface area contributed by atoms with Gasteiger partial charge in [0.15, 0.2) is 0 Å². The van der Waals surface area contributed by atoms with Crippen LogP contribution in [0.2, 0.25) is 0 Å². The molecule has 0 fully saturated rings. The van der Waals surface area contributed by atoms with Gasteiger partial charge in [-0.05, 0) is 12.1 Å². The van der Waals surface area contributed by atoms with Gasteiger partial charge < -0.3 is 8.83 Å². The molecule has 2 aromatic rings. The average Bonchev–Trinajstić information content (AvgIpc) is 3.39. The van der Waals surface area contributed by atoms with E-state index in [0.717, 1.165) is 22.7 Å². The largest absolute Gasteiger partial charge is 0.147 e. The van der Waals surface area contributed by atoms with E-state index in [1.54, 1.807) is 12.5 Å². The Labute approximate surface area is 204 Å². The van der Waals surface area contributed by atoms with Crippen molar-refractivity contribution < 1.29 is 28.8 Å². The number of hydrogen-bond acceptors (Lipinski definition) is 2. The summed E-state index contributed by atoms with van der Waals surface area (Å²) < 4.78 is 12.0. The van der Waals surface area contributed by atoms with Gasteiger partial charge in [0.05, 0.1) is 12.5 Å². The molecule has 2 heterocycles. The van der Waals surface area contributed by atoms with Gasteiger partial charge in [0.2, 0.25) is 0 Å². The molecule has 0 saturated carbocycles. The third kappa shape index (κ3) is 8.82. The Morgan fingerprint density at radius 1 is 0.800 bits per heavy atom. The van der Waals surface area contributed by atoms with Gasteiger partial charge in [-0.15, -0.1) is 36.0 Å². The Kier molecular flexibility index (Phi) is 13.3. The second-order valence-corrected chi connectivity index (χ2v) is 8.85. The molecule has 0 aromatic carbocycles. The zero-order valence-corrected chi connectivity index (χ0v) is 21.6. The van der Waals surface area contributed by atoms with E-state index in [0.29, 0.717) is 11.8 Å². The van der Waals surface area contributed by atoms with Gasteiger partial charge in [0.25, 0.3) is 0 Å². The monoisotopic (exact) mass is 480 g/mol. The fourth-order valence-corrected chi connectivity index (χ4v) is 2.63. The Hall–Kier alpha value is -1.32. The first-order valence-electron chi connectivity index (χ1n) is 9.50. The zero-order chi connectivity index (χ0) is 20.7. The van der Waals surface area contributed by atoms with Crippen molar-refractivity contribution in [3.05, 3.63) is 83.8 Å². The molecular weight excluding hydrogens is 451 g/mol. The standard InChI is InChI=1S/2C11H11O.C3H6.2ClH.Ti/c2*1-8-6-10(7-9(8)2)11-4-3-5-12-11;1-3-2;;;/h2*3-6,9H,1-2H3;1-2H3;2*1H;/q2*-1;;;;+2. The minimum Gasteiger partial charge on any atom is -0.147 e. The Balaban J connectivity index is 0.000000452. The minimum absolute atomic E-state index is 0. The summed E-state index contributed by atoms with van der Waals surface area (Å²) in [6.07, 6.45) is 14.3. The van der Waals surface area contributed by atoms with Crippen molar-refractivity contribution in [3.63, 3.8) is 0 Å². The van der Waals surface area contributed by atoms with Crippen LogP contribution in [0.5, 0.6) is 0 Å². The Bertz CT molecular complexity index is 827. The van der Waals surface area contributed by atoms with Crippen LogP contribution in [0, 0.1) is 24.0 Å². The number of furan rings is 2. The second kappa shape index (κ2) is 13.9. The molecule has 2 atom stereocenters. The van der Waals surface area contributed by atoms with Crippen molar-refractivity contribution in [2.75, 3.05) is 0 Å². The predicted molar refractivity (Wildman–Crippen MR) is 127 cm³/mol. The van der Waals surface area contributed by atoms with Crippen molar-refractivity contribution in [1.82, 2.24) is 0 Å². The van der Waals surface area contributed by atoms with Crippen LogP contribution in [0.15, 0.2) is 68.9 Å². The van der Waals surface area contributed by atoms with Gasteiger partial charge in [0.1, 0.15) is 0 Å². The van der Waals surface area contributed by atoms with Crippen LogP contribution in [0.25, 0.3) is 11.1 Å². The van der Waals surface area contributed by atoms with E-state index in [-0.39, 0.29) is 24.8 Å². The fourth-order valence-electron chi connectivity index (χ4n) is 2.63. The molecule has 0 spiro atoms. The van der Waals surface area contributed by atoms with Crippen molar-refractivity contribution in [2.45, 2.75) is 41.5 Å². The molecule has 0 amide bonds. The normalized spacial score (nSPS) is 18.8. The summed E-state index contributed by atoms with van der Waals surface area (Å²) in [5, 5.41) is 0. The summed E-state index contributed by atoms with van der Waals surface area (Å²) in [5.41, 5.74) is 4.87. The van der Waals surface area contributed by atoms with Crippen LogP contribution in [-0.2, 0) is 20.0 Å². The van der Waals surface area contributed by atoms with Crippen LogP contribution in [0.4, 0.5) is 0 Å². The topological polar surface area (TPSA) is 26.3 Å². The van der Waals surface area contributed by atoms with Gasteiger partial charge >= 0.3 is 37.6 Å². The van der Waals surface area contributed by atoms with Crippen LogP contribution in [-0.4, -0.2) is 3.81 Å². The van der Waals surface area contributed by atoms with E-state index in [1.165, 1.54) is 15.0 Å². The molecule has 2 aliphatic rings. The number of halogens is 2. The molecule has 0 saturated heterocycles. The van der Waals surface area contributed by atoms with E-state index in [2.05, 4.69) is 85.8 Å². The molecule has 2 aromatic heterocycles. The molecule has 2 nitrogen and oxygen atoms in total.